The second-order valence-electron chi connectivity index (χ2n) is 2.74. The summed E-state index contributed by atoms with van der Waals surface area (Å²) < 4.78 is 13.2. The number of rotatable bonds is 2. The molecule has 0 saturated carbocycles. The zero-order valence-corrected chi connectivity index (χ0v) is 7.94. The molecule has 60 valence electrons. The van der Waals surface area contributed by atoms with E-state index in [0.29, 0.717) is 5.69 Å². The van der Waals surface area contributed by atoms with E-state index in [1.165, 1.54) is 0 Å². The maximum Gasteiger partial charge on any atom is 0.176 e. The lowest BCUT2D eigenvalue weighted by Gasteiger charge is -2.16. The summed E-state index contributed by atoms with van der Waals surface area (Å²) >= 11 is 0. The standard InChI is InChI=1S/C8H12FNSi/c1-11(2)10(9)8-6-4-3-5-7-8/h3-7,11H,1-2H3. The molecule has 1 nitrogen and oxygen atoms in total. The number of nitrogens with zero attached hydrogens (tertiary/aromatic N) is 1. The molecule has 0 aliphatic carbocycles. The molecule has 0 radical (unpaired) electrons. The van der Waals surface area contributed by atoms with Gasteiger partial charge in [0.25, 0.3) is 0 Å². The molecular formula is C8H12FNSi. The van der Waals surface area contributed by atoms with E-state index in [0.717, 1.165) is 4.79 Å². The van der Waals surface area contributed by atoms with Gasteiger partial charge in [-0.15, -0.1) is 4.48 Å². The van der Waals surface area contributed by atoms with Crippen molar-refractivity contribution < 1.29 is 4.48 Å². The molecule has 3 heteroatoms. The molecule has 0 unspecified atom stereocenters. The molecule has 0 atom stereocenters. The van der Waals surface area contributed by atoms with Gasteiger partial charge in [0.15, 0.2) is 8.96 Å². The zero-order chi connectivity index (χ0) is 8.27. The first-order valence-corrected chi connectivity index (χ1v) is 6.54. The van der Waals surface area contributed by atoms with E-state index in [-0.39, 0.29) is 0 Å². The average molecular weight is 169 g/mol. The second-order valence-corrected chi connectivity index (χ2v) is 5.38. The normalized spacial score (nSPS) is 10.2. The van der Waals surface area contributed by atoms with Crippen LogP contribution in [0.2, 0.25) is 13.1 Å². The summed E-state index contributed by atoms with van der Waals surface area (Å²) in [4.78, 5) is 0.889. The van der Waals surface area contributed by atoms with E-state index in [2.05, 4.69) is 0 Å². The Morgan fingerprint density at radius 1 is 1.18 bits per heavy atom. The highest BCUT2D eigenvalue weighted by atomic mass is 28.3. The van der Waals surface area contributed by atoms with Crippen LogP contribution in [0.4, 0.5) is 10.2 Å². The number of para-hydroxylation sites is 1. The van der Waals surface area contributed by atoms with Crippen molar-refractivity contribution in [3.8, 4) is 0 Å². The van der Waals surface area contributed by atoms with E-state index in [4.69, 9.17) is 0 Å². The SMILES string of the molecule is C[SiH](C)N(F)c1ccccc1. The van der Waals surface area contributed by atoms with Crippen LogP contribution in [0.3, 0.4) is 0 Å². The maximum atomic E-state index is 13.2. The largest absolute Gasteiger partial charge is 0.247 e. The molecule has 0 spiro atoms. The van der Waals surface area contributed by atoms with Crippen molar-refractivity contribution in [2.45, 2.75) is 13.1 Å². The summed E-state index contributed by atoms with van der Waals surface area (Å²) in [5, 5.41) is 0. The zero-order valence-electron chi connectivity index (χ0n) is 6.79. The first-order chi connectivity index (χ1) is 5.22. The van der Waals surface area contributed by atoms with Crippen molar-refractivity contribution in [3.05, 3.63) is 30.3 Å². The van der Waals surface area contributed by atoms with Crippen molar-refractivity contribution in [2.24, 2.45) is 0 Å². The molecule has 0 fully saturated rings. The molecule has 0 bridgehead atoms. The van der Waals surface area contributed by atoms with Gasteiger partial charge in [-0.3, -0.25) is 0 Å². The molecular weight excluding hydrogens is 157 g/mol. The summed E-state index contributed by atoms with van der Waals surface area (Å²) in [6, 6.07) is 9.15. The second kappa shape index (κ2) is 3.53. The average Bonchev–Trinajstić information content (AvgIpc) is 2.05. The molecule has 0 N–H and O–H groups in total. The highest BCUT2D eigenvalue weighted by molar-refractivity contribution is 6.59. The number of hydrogen-bond donors (Lipinski definition) is 0. The van der Waals surface area contributed by atoms with E-state index in [1.807, 2.05) is 31.3 Å². The molecule has 1 aromatic carbocycles. The summed E-state index contributed by atoms with van der Waals surface area (Å²) in [6.07, 6.45) is 0. The quantitative estimate of drug-likeness (QED) is 0.485. The number of hydrogen-bond acceptors (Lipinski definition) is 1. The Balaban J connectivity index is 2.77. The molecule has 0 aliphatic heterocycles. The fraction of sp³-hybridized carbons (Fsp3) is 0.250. The van der Waals surface area contributed by atoms with Gasteiger partial charge in [-0.05, 0) is 12.1 Å². The van der Waals surface area contributed by atoms with Gasteiger partial charge in [0.2, 0.25) is 0 Å². The van der Waals surface area contributed by atoms with Crippen LogP contribution in [0.1, 0.15) is 0 Å². The Kier molecular flexibility index (Phi) is 2.65. The van der Waals surface area contributed by atoms with Crippen LogP contribution in [-0.2, 0) is 0 Å². The monoisotopic (exact) mass is 169 g/mol. The fourth-order valence-corrected chi connectivity index (χ4v) is 1.64. The Morgan fingerprint density at radius 3 is 2.18 bits per heavy atom. The lowest BCUT2D eigenvalue weighted by molar-refractivity contribution is 0.529. The highest BCUT2D eigenvalue weighted by Gasteiger charge is 2.08. The third-order valence-electron chi connectivity index (χ3n) is 1.46. The molecule has 1 aromatic rings. The topological polar surface area (TPSA) is 3.24 Å². The Hall–Kier alpha value is -0.833. The number of halogens is 1. The van der Waals surface area contributed by atoms with Crippen LogP contribution in [0.5, 0.6) is 0 Å². The van der Waals surface area contributed by atoms with Crippen LogP contribution < -0.4 is 4.79 Å². The Bertz CT molecular complexity index is 213. The summed E-state index contributed by atoms with van der Waals surface area (Å²) in [6.45, 7) is 3.90. The molecule has 1 rings (SSSR count). The third kappa shape index (κ3) is 2.05. The summed E-state index contributed by atoms with van der Waals surface area (Å²) in [5.41, 5.74) is 0.675. The van der Waals surface area contributed by atoms with Gasteiger partial charge in [0, 0.05) is 0 Å². The van der Waals surface area contributed by atoms with Crippen molar-refractivity contribution in [2.75, 3.05) is 4.79 Å². The van der Waals surface area contributed by atoms with Crippen molar-refractivity contribution >= 4 is 14.6 Å². The van der Waals surface area contributed by atoms with E-state index in [1.54, 1.807) is 12.1 Å². The van der Waals surface area contributed by atoms with Crippen molar-refractivity contribution in [1.29, 1.82) is 0 Å². The minimum atomic E-state index is -1.32. The van der Waals surface area contributed by atoms with Crippen LogP contribution in [0, 0.1) is 0 Å². The van der Waals surface area contributed by atoms with Crippen LogP contribution in [0.25, 0.3) is 0 Å². The summed E-state index contributed by atoms with van der Waals surface area (Å²) in [7, 11) is -1.32. The van der Waals surface area contributed by atoms with Crippen LogP contribution in [-0.4, -0.2) is 8.96 Å². The van der Waals surface area contributed by atoms with Crippen molar-refractivity contribution in [1.82, 2.24) is 0 Å². The lowest BCUT2D eigenvalue weighted by atomic mass is 10.3. The van der Waals surface area contributed by atoms with E-state index < -0.39 is 8.96 Å². The predicted octanol–water partition coefficient (Wildman–Crippen LogP) is 2.36. The van der Waals surface area contributed by atoms with Gasteiger partial charge in [-0.25, -0.2) is 4.79 Å². The van der Waals surface area contributed by atoms with E-state index >= 15 is 0 Å². The molecule has 11 heavy (non-hydrogen) atoms. The first-order valence-electron chi connectivity index (χ1n) is 3.72. The van der Waals surface area contributed by atoms with Crippen LogP contribution >= 0.6 is 0 Å². The fourth-order valence-electron chi connectivity index (χ4n) is 0.869. The number of anilines is 1. The van der Waals surface area contributed by atoms with E-state index in [9.17, 15) is 4.48 Å². The first kappa shape index (κ1) is 8.27. The highest BCUT2D eigenvalue weighted by Crippen LogP contribution is 2.14. The van der Waals surface area contributed by atoms with Gasteiger partial charge in [0.05, 0.1) is 5.69 Å². The minimum absolute atomic E-state index is 0.675. The van der Waals surface area contributed by atoms with Gasteiger partial charge in [-0.1, -0.05) is 31.3 Å². The maximum absolute atomic E-state index is 13.2. The van der Waals surface area contributed by atoms with Gasteiger partial charge in [-0.2, -0.15) is 0 Å². The Labute approximate surface area is 68.1 Å². The summed E-state index contributed by atoms with van der Waals surface area (Å²) in [5.74, 6) is 0. The predicted molar refractivity (Wildman–Crippen MR) is 48.9 cm³/mol. The van der Waals surface area contributed by atoms with Gasteiger partial charge >= 0.3 is 0 Å². The number of benzene rings is 1. The van der Waals surface area contributed by atoms with Gasteiger partial charge < -0.3 is 0 Å². The molecule has 0 heterocycles. The molecule has 0 aliphatic rings. The smallest absolute Gasteiger partial charge is 0.176 e. The Morgan fingerprint density at radius 2 is 1.73 bits per heavy atom. The van der Waals surface area contributed by atoms with Crippen molar-refractivity contribution in [3.63, 3.8) is 0 Å². The third-order valence-corrected chi connectivity index (χ3v) is 2.66. The lowest BCUT2D eigenvalue weighted by Crippen LogP contribution is -2.25. The molecule has 0 saturated heterocycles. The minimum Gasteiger partial charge on any atom is -0.247 e. The van der Waals surface area contributed by atoms with Crippen LogP contribution in [0.15, 0.2) is 30.3 Å². The molecule has 0 aromatic heterocycles. The van der Waals surface area contributed by atoms with Gasteiger partial charge in [0.1, 0.15) is 0 Å². The molecule has 0 amide bonds.